The maximum absolute atomic E-state index is 5.88. The fraction of sp³-hybridized carbons (Fsp3) is 0.333. The van der Waals surface area contributed by atoms with E-state index in [2.05, 4.69) is 60.8 Å². The van der Waals surface area contributed by atoms with E-state index >= 15 is 0 Å². The summed E-state index contributed by atoms with van der Waals surface area (Å²) in [5, 5.41) is 4.24. The second kappa shape index (κ2) is 7.59. The van der Waals surface area contributed by atoms with Gasteiger partial charge in [0.05, 0.1) is 15.6 Å². The third kappa shape index (κ3) is 4.58. The molecule has 2 N–H and O–H groups in total. The minimum Gasteiger partial charge on any atom is -0.491 e. The van der Waals surface area contributed by atoms with Gasteiger partial charge in [0.25, 0.3) is 0 Å². The summed E-state index contributed by atoms with van der Waals surface area (Å²) in [4.78, 5) is 0. The zero-order chi connectivity index (χ0) is 14.5. The van der Waals surface area contributed by atoms with Crippen LogP contribution in [0.4, 0.5) is 0 Å². The summed E-state index contributed by atoms with van der Waals surface area (Å²) in [6, 6.07) is 6.44. The lowest BCUT2D eigenvalue weighted by molar-refractivity contribution is 0.318. The van der Waals surface area contributed by atoms with Gasteiger partial charge in [-0.15, -0.1) is 0 Å². The van der Waals surface area contributed by atoms with Crippen LogP contribution in [0, 0.1) is 0 Å². The molecule has 0 spiro atoms. The average Bonchev–Trinajstić information content (AvgIpc) is 2.84. The van der Waals surface area contributed by atoms with Crippen molar-refractivity contribution < 1.29 is 4.74 Å². The van der Waals surface area contributed by atoms with Crippen molar-refractivity contribution in [3.63, 3.8) is 0 Å². The normalized spacial score (nSPS) is 12.4. The summed E-state index contributed by atoms with van der Waals surface area (Å²) in [5.74, 6) is 0.855. The molecule has 0 radical (unpaired) electrons. The topological polar surface area (TPSA) is 35.2 Å². The Balaban J connectivity index is 2.00. The first-order chi connectivity index (χ1) is 9.56. The molecule has 20 heavy (non-hydrogen) atoms. The third-order valence-corrected chi connectivity index (χ3v) is 4.74. The van der Waals surface area contributed by atoms with E-state index in [-0.39, 0.29) is 6.04 Å². The molecule has 1 heterocycles. The van der Waals surface area contributed by atoms with Crippen LogP contribution < -0.4 is 10.5 Å². The number of thiophene rings is 1. The van der Waals surface area contributed by atoms with Gasteiger partial charge in [0.2, 0.25) is 0 Å². The van der Waals surface area contributed by atoms with E-state index in [0.29, 0.717) is 6.61 Å². The van der Waals surface area contributed by atoms with E-state index in [1.54, 1.807) is 11.3 Å². The number of rotatable bonds is 6. The molecule has 0 aliphatic carbocycles. The molecule has 1 atom stereocenters. The Labute approximate surface area is 140 Å². The Morgan fingerprint density at radius 3 is 2.50 bits per heavy atom. The number of benzene rings is 1. The molecule has 1 aromatic carbocycles. The van der Waals surface area contributed by atoms with E-state index in [9.17, 15) is 0 Å². The standard InChI is InChI=1S/C15H17Br2NOS/c1-10(18)6-12-7-13(16)15(14(17)8-12)19-4-2-11-3-5-20-9-11/h3,5,7-10H,2,4,6,18H2,1H3. The van der Waals surface area contributed by atoms with Gasteiger partial charge in [-0.3, -0.25) is 0 Å². The lowest BCUT2D eigenvalue weighted by Gasteiger charge is -2.13. The molecule has 108 valence electrons. The fourth-order valence-electron chi connectivity index (χ4n) is 1.95. The summed E-state index contributed by atoms with van der Waals surface area (Å²) in [6.07, 6.45) is 1.77. The van der Waals surface area contributed by atoms with Gasteiger partial charge in [-0.1, -0.05) is 0 Å². The van der Waals surface area contributed by atoms with E-state index in [1.165, 1.54) is 11.1 Å². The summed E-state index contributed by atoms with van der Waals surface area (Å²) < 4.78 is 7.81. The largest absolute Gasteiger partial charge is 0.491 e. The monoisotopic (exact) mass is 417 g/mol. The van der Waals surface area contributed by atoms with Crippen molar-refractivity contribution in [2.24, 2.45) is 5.73 Å². The number of halogens is 2. The fourth-order valence-corrected chi connectivity index (χ4v) is 4.16. The van der Waals surface area contributed by atoms with Gasteiger partial charge in [-0.05, 0) is 85.3 Å². The molecule has 1 aromatic heterocycles. The highest BCUT2D eigenvalue weighted by Crippen LogP contribution is 2.35. The summed E-state index contributed by atoms with van der Waals surface area (Å²) in [5.41, 5.74) is 8.35. The van der Waals surface area contributed by atoms with Crippen molar-refractivity contribution in [1.82, 2.24) is 0 Å². The quantitative estimate of drug-likeness (QED) is 0.732. The molecular formula is C15H17Br2NOS. The molecule has 2 rings (SSSR count). The van der Waals surface area contributed by atoms with Crippen LogP contribution in [-0.2, 0) is 12.8 Å². The molecule has 0 aliphatic heterocycles. The summed E-state index contributed by atoms with van der Waals surface area (Å²) >= 11 is 8.86. The Hall–Kier alpha value is -0.360. The average molecular weight is 419 g/mol. The minimum absolute atomic E-state index is 0.152. The Bertz CT molecular complexity index is 532. The van der Waals surface area contributed by atoms with E-state index in [4.69, 9.17) is 10.5 Å². The van der Waals surface area contributed by atoms with Crippen LogP contribution in [0.15, 0.2) is 37.9 Å². The summed E-state index contributed by atoms with van der Waals surface area (Å²) in [7, 11) is 0. The van der Waals surface area contributed by atoms with Crippen LogP contribution in [0.2, 0.25) is 0 Å². The first kappa shape index (κ1) is 16.0. The first-order valence-corrected chi connectivity index (χ1v) is 8.96. The lowest BCUT2D eigenvalue weighted by atomic mass is 10.1. The van der Waals surface area contributed by atoms with Gasteiger partial charge in [0.15, 0.2) is 0 Å². The molecule has 0 fully saturated rings. The van der Waals surface area contributed by atoms with Gasteiger partial charge in [-0.25, -0.2) is 0 Å². The van der Waals surface area contributed by atoms with Crippen molar-refractivity contribution in [2.45, 2.75) is 25.8 Å². The van der Waals surface area contributed by atoms with Crippen LogP contribution in [0.3, 0.4) is 0 Å². The van der Waals surface area contributed by atoms with E-state index in [1.807, 2.05) is 6.92 Å². The van der Waals surface area contributed by atoms with E-state index < -0.39 is 0 Å². The molecule has 0 saturated heterocycles. The molecule has 1 unspecified atom stereocenters. The molecule has 5 heteroatoms. The molecule has 0 saturated carbocycles. The summed E-state index contributed by atoms with van der Waals surface area (Å²) in [6.45, 7) is 2.67. The van der Waals surface area contributed by atoms with Gasteiger partial charge in [-0.2, -0.15) is 11.3 Å². The van der Waals surface area contributed by atoms with Crippen molar-refractivity contribution in [2.75, 3.05) is 6.61 Å². The van der Waals surface area contributed by atoms with E-state index in [0.717, 1.165) is 27.5 Å². The third-order valence-electron chi connectivity index (χ3n) is 2.83. The predicted molar refractivity (Wildman–Crippen MR) is 92.7 cm³/mol. The zero-order valence-electron chi connectivity index (χ0n) is 11.2. The van der Waals surface area contributed by atoms with Gasteiger partial charge < -0.3 is 10.5 Å². The maximum Gasteiger partial charge on any atom is 0.147 e. The minimum atomic E-state index is 0.152. The molecule has 2 nitrogen and oxygen atoms in total. The van der Waals surface area contributed by atoms with Crippen molar-refractivity contribution in [1.29, 1.82) is 0 Å². The highest BCUT2D eigenvalue weighted by Gasteiger charge is 2.10. The van der Waals surface area contributed by atoms with Crippen molar-refractivity contribution in [3.8, 4) is 5.75 Å². The SMILES string of the molecule is CC(N)Cc1cc(Br)c(OCCc2ccsc2)c(Br)c1. The Morgan fingerprint density at radius 1 is 1.25 bits per heavy atom. The molecular weight excluding hydrogens is 402 g/mol. The van der Waals surface area contributed by atoms with Crippen LogP contribution in [-0.4, -0.2) is 12.6 Å². The second-order valence-electron chi connectivity index (χ2n) is 4.80. The number of nitrogens with two attached hydrogens (primary N) is 1. The van der Waals surface area contributed by atoms with Gasteiger partial charge in [0.1, 0.15) is 5.75 Å². The number of hydrogen-bond donors (Lipinski definition) is 1. The predicted octanol–water partition coefficient (Wildman–Crippen LogP) is 4.78. The van der Waals surface area contributed by atoms with Crippen molar-refractivity contribution >= 4 is 43.2 Å². The van der Waals surface area contributed by atoms with Crippen molar-refractivity contribution in [3.05, 3.63) is 49.0 Å². The number of hydrogen-bond acceptors (Lipinski definition) is 3. The highest BCUT2D eigenvalue weighted by molar-refractivity contribution is 9.11. The van der Waals surface area contributed by atoms with Crippen LogP contribution in [0.5, 0.6) is 5.75 Å². The van der Waals surface area contributed by atoms with Gasteiger partial charge >= 0.3 is 0 Å². The first-order valence-electron chi connectivity index (χ1n) is 6.43. The number of ether oxygens (including phenoxy) is 1. The second-order valence-corrected chi connectivity index (χ2v) is 7.29. The smallest absolute Gasteiger partial charge is 0.147 e. The maximum atomic E-state index is 5.88. The van der Waals surface area contributed by atoms with Crippen LogP contribution in [0.25, 0.3) is 0 Å². The van der Waals surface area contributed by atoms with Crippen LogP contribution >= 0.6 is 43.2 Å². The molecule has 0 amide bonds. The highest BCUT2D eigenvalue weighted by atomic mass is 79.9. The Morgan fingerprint density at radius 2 is 1.95 bits per heavy atom. The molecule has 0 bridgehead atoms. The lowest BCUT2D eigenvalue weighted by Crippen LogP contribution is -2.17. The van der Waals surface area contributed by atoms with Gasteiger partial charge in [0, 0.05) is 12.5 Å². The molecule has 2 aromatic rings. The van der Waals surface area contributed by atoms with Crippen LogP contribution in [0.1, 0.15) is 18.1 Å². The Kier molecular flexibility index (Phi) is 6.08. The zero-order valence-corrected chi connectivity index (χ0v) is 15.2. The molecule has 0 aliphatic rings.